The molecule has 1 fully saturated rings. The van der Waals surface area contributed by atoms with Crippen LogP contribution in [0.4, 0.5) is 0 Å². The number of carbonyl (C=O) groups is 1. The molecule has 0 radical (unpaired) electrons. The zero-order chi connectivity index (χ0) is 12.6. The van der Waals surface area contributed by atoms with Gasteiger partial charge >= 0.3 is 0 Å². The van der Waals surface area contributed by atoms with E-state index in [4.69, 9.17) is 10.5 Å². The van der Waals surface area contributed by atoms with Crippen molar-refractivity contribution in [2.75, 3.05) is 20.2 Å². The van der Waals surface area contributed by atoms with Gasteiger partial charge in [0.25, 0.3) is 0 Å². The topological polar surface area (TPSA) is 64.3 Å². The largest absolute Gasteiger partial charge is 0.370 e. The highest BCUT2D eigenvalue weighted by Gasteiger charge is 2.64. The molecule has 16 heavy (non-hydrogen) atoms. The number of methoxy groups -OCH3 is 1. The number of hydrogen-bond acceptors (Lipinski definition) is 3. The second-order valence-electron chi connectivity index (χ2n) is 5.70. The van der Waals surface area contributed by atoms with Crippen molar-refractivity contribution in [3.8, 4) is 0 Å². The predicted molar refractivity (Wildman–Crippen MR) is 63.9 cm³/mol. The molecule has 3 N–H and O–H groups in total. The number of ether oxygens (including phenoxy) is 1. The van der Waals surface area contributed by atoms with Crippen molar-refractivity contribution >= 4 is 5.91 Å². The van der Waals surface area contributed by atoms with Crippen molar-refractivity contribution < 1.29 is 9.53 Å². The van der Waals surface area contributed by atoms with Crippen LogP contribution in [-0.4, -0.2) is 32.2 Å². The Morgan fingerprint density at radius 2 is 1.88 bits per heavy atom. The van der Waals surface area contributed by atoms with Gasteiger partial charge in [0.1, 0.15) is 6.10 Å². The minimum absolute atomic E-state index is 0.108. The molecule has 1 amide bonds. The third-order valence-electron chi connectivity index (χ3n) is 4.59. The highest BCUT2D eigenvalue weighted by atomic mass is 16.5. The monoisotopic (exact) mass is 228 g/mol. The lowest BCUT2D eigenvalue weighted by molar-refractivity contribution is -0.130. The van der Waals surface area contributed by atoms with Gasteiger partial charge in [0, 0.05) is 20.2 Å². The Bertz CT molecular complexity index is 256. The summed E-state index contributed by atoms with van der Waals surface area (Å²) in [6.07, 6.45) is -0.523. The van der Waals surface area contributed by atoms with E-state index in [1.54, 1.807) is 0 Å². The van der Waals surface area contributed by atoms with E-state index in [2.05, 4.69) is 33.0 Å². The molecular weight excluding hydrogens is 204 g/mol. The van der Waals surface area contributed by atoms with E-state index in [0.717, 1.165) is 0 Å². The summed E-state index contributed by atoms with van der Waals surface area (Å²) in [5, 5.41) is 2.91. The SMILES string of the molecule is COC(CN)C(=O)NCC1C(C)(C)C1(C)C. The molecular formula is C12H24N2O2. The molecule has 0 aliphatic heterocycles. The molecule has 4 nitrogen and oxygen atoms in total. The molecule has 4 heteroatoms. The molecule has 0 saturated heterocycles. The van der Waals surface area contributed by atoms with E-state index < -0.39 is 6.10 Å². The average molecular weight is 228 g/mol. The van der Waals surface area contributed by atoms with Crippen LogP contribution >= 0.6 is 0 Å². The van der Waals surface area contributed by atoms with Crippen molar-refractivity contribution in [2.24, 2.45) is 22.5 Å². The van der Waals surface area contributed by atoms with E-state index in [9.17, 15) is 4.79 Å². The van der Waals surface area contributed by atoms with E-state index in [0.29, 0.717) is 23.3 Å². The molecule has 1 aliphatic carbocycles. The molecule has 0 bridgehead atoms. The van der Waals surface area contributed by atoms with Crippen molar-refractivity contribution in [1.29, 1.82) is 0 Å². The van der Waals surface area contributed by atoms with Gasteiger partial charge in [-0.15, -0.1) is 0 Å². The Balaban J connectivity index is 2.40. The summed E-state index contributed by atoms with van der Waals surface area (Å²) in [6, 6.07) is 0. The first-order chi connectivity index (χ1) is 7.29. The average Bonchev–Trinajstić information content (AvgIpc) is 2.57. The molecule has 1 atom stereocenters. The lowest BCUT2D eigenvalue weighted by Gasteiger charge is -2.13. The lowest BCUT2D eigenvalue weighted by Crippen LogP contribution is -2.41. The van der Waals surface area contributed by atoms with E-state index in [-0.39, 0.29) is 12.5 Å². The number of nitrogens with two attached hydrogens (primary N) is 1. The van der Waals surface area contributed by atoms with Gasteiger partial charge in [-0.05, 0) is 16.7 Å². The van der Waals surface area contributed by atoms with Crippen molar-refractivity contribution in [3.05, 3.63) is 0 Å². The summed E-state index contributed by atoms with van der Waals surface area (Å²) in [5.74, 6) is 0.419. The molecule has 1 saturated carbocycles. The maximum absolute atomic E-state index is 11.6. The Labute approximate surface area is 97.9 Å². The van der Waals surface area contributed by atoms with Crippen molar-refractivity contribution in [1.82, 2.24) is 5.32 Å². The standard InChI is InChI=1S/C12H24N2O2/c1-11(2)9(12(11,3)4)7-14-10(15)8(6-13)16-5/h8-9H,6-7,13H2,1-5H3,(H,14,15). The lowest BCUT2D eigenvalue weighted by atomic mass is 10.0. The van der Waals surface area contributed by atoms with Crippen LogP contribution < -0.4 is 11.1 Å². The number of carbonyl (C=O) groups excluding carboxylic acids is 1. The van der Waals surface area contributed by atoms with Gasteiger partial charge in [0.15, 0.2) is 0 Å². The fourth-order valence-corrected chi connectivity index (χ4v) is 2.47. The van der Waals surface area contributed by atoms with Gasteiger partial charge in [-0.3, -0.25) is 4.79 Å². The molecule has 1 aliphatic rings. The summed E-state index contributed by atoms with van der Waals surface area (Å²) >= 11 is 0. The molecule has 0 heterocycles. The smallest absolute Gasteiger partial charge is 0.250 e. The third-order valence-corrected chi connectivity index (χ3v) is 4.59. The van der Waals surface area contributed by atoms with Crippen LogP contribution in [0.5, 0.6) is 0 Å². The Morgan fingerprint density at radius 3 is 2.19 bits per heavy atom. The molecule has 0 aromatic carbocycles. The minimum Gasteiger partial charge on any atom is -0.370 e. The van der Waals surface area contributed by atoms with E-state index in [1.165, 1.54) is 7.11 Å². The molecule has 1 rings (SSSR count). The number of rotatable bonds is 5. The molecule has 0 spiro atoms. The molecule has 0 aromatic rings. The summed E-state index contributed by atoms with van der Waals surface area (Å²) in [6.45, 7) is 9.88. The van der Waals surface area contributed by atoms with Crippen LogP contribution in [-0.2, 0) is 9.53 Å². The zero-order valence-electron chi connectivity index (χ0n) is 11.0. The highest BCUT2D eigenvalue weighted by molar-refractivity contribution is 5.81. The zero-order valence-corrected chi connectivity index (χ0v) is 11.0. The number of nitrogens with one attached hydrogen (secondary N) is 1. The van der Waals surface area contributed by atoms with Crippen LogP contribution in [0.15, 0.2) is 0 Å². The first-order valence-corrected chi connectivity index (χ1v) is 5.79. The summed E-state index contributed by atoms with van der Waals surface area (Å²) in [5.41, 5.74) is 6.02. The minimum atomic E-state index is -0.523. The molecule has 1 unspecified atom stereocenters. The Morgan fingerprint density at radius 1 is 1.38 bits per heavy atom. The van der Waals surface area contributed by atoms with Crippen LogP contribution in [0, 0.1) is 16.7 Å². The Kier molecular flexibility index (Phi) is 3.65. The third kappa shape index (κ3) is 2.09. The van der Waals surface area contributed by atoms with Gasteiger partial charge in [-0.25, -0.2) is 0 Å². The van der Waals surface area contributed by atoms with Crippen LogP contribution in [0.2, 0.25) is 0 Å². The molecule has 0 aromatic heterocycles. The first-order valence-electron chi connectivity index (χ1n) is 5.79. The van der Waals surface area contributed by atoms with Crippen molar-refractivity contribution in [3.63, 3.8) is 0 Å². The van der Waals surface area contributed by atoms with Gasteiger partial charge in [0.2, 0.25) is 5.91 Å². The maximum Gasteiger partial charge on any atom is 0.250 e. The summed E-state index contributed by atoms with van der Waals surface area (Å²) in [7, 11) is 1.50. The quantitative estimate of drug-likeness (QED) is 0.730. The molecule has 94 valence electrons. The van der Waals surface area contributed by atoms with E-state index >= 15 is 0 Å². The maximum atomic E-state index is 11.6. The normalized spacial score (nSPS) is 23.9. The van der Waals surface area contributed by atoms with E-state index in [1.807, 2.05) is 0 Å². The summed E-state index contributed by atoms with van der Waals surface area (Å²) in [4.78, 5) is 11.6. The Hall–Kier alpha value is -0.610. The predicted octanol–water partition coefficient (Wildman–Crippen LogP) is 0.759. The first kappa shape index (κ1) is 13.5. The second-order valence-corrected chi connectivity index (χ2v) is 5.70. The fraction of sp³-hybridized carbons (Fsp3) is 0.917. The van der Waals surface area contributed by atoms with Gasteiger partial charge < -0.3 is 15.8 Å². The summed E-state index contributed by atoms with van der Waals surface area (Å²) < 4.78 is 4.98. The van der Waals surface area contributed by atoms with Crippen LogP contribution in [0.1, 0.15) is 27.7 Å². The second kappa shape index (κ2) is 4.34. The van der Waals surface area contributed by atoms with Gasteiger partial charge in [0.05, 0.1) is 0 Å². The fourth-order valence-electron chi connectivity index (χ4n) is 2.47. The van der Waals surface area contributed by atoms with Crippen LogP contribution in [0.25, 0.3) is 0 Å². The van der Waals surface area contributed by atoms with Gasteiger partial charge in [-0.1, -0.05) is 27.7 Å². The van der Waals surface area contributed by atoms with Crippen LogP contribution in [0.3, 0.4) is 0 Å². The van der Waals surface area contributed by atoms with Crippen molar-refractivity contribution in [2.45, 2.75) is 33.8 Å². The number of amides is 1. The van der Waals surface area contributed by atoms with Gasteiger partial charge in [-0.2, -0.15) is 0 Å². The highest BCUT2D eigenvalue weighted by Crippen LogP contribution is 2.67. The number of hydrogen-bond donors (Lipinski definition) is 2.